The minimum Gasteiger partial charge on any atom is -0.306 e. The van der Waals surface area contributed by atoms with Crippen molar-refractivity contribution in [3.05, 3.63) is 76.6 Å². The zero-order valence-electron chi connectivity index (χ0n) is 25.1. The number of sulfone groups is 1. The molecule has 0 spiro atoms. The molecule has 0 N–H and O–H groups in total. The first-order valence-electron chi connectivity index (χ1n) is 13.5. The summed E-state index contributed by atoms with van der Waals surface area (Å²) in [5, 5.41) is 13.4. The smallest absolute Gasteiger partial charge is 0.306 e. The van der Waals surface area contributed by atoms with Gasteiger partial charge in [-0.05, 0) is 63.6 Å². The van der Waals surface area contributed by atoms with Gasteiger partial charge in [-0.25, -0.2) is 18.1 Å². The fraction of sp³-hybridized carbons (Fsp3) is 0.333. The van der Waals surface area contributed by atoms with Gasteiger partial charge in [-0.2, -0.15) is 36.7 Å². The summed E-state index contributed by atoms with van der Waals surface area (Å²) in [6.45, 7) is 6.06. The van der Waals surface area contributed by atoms with E-state index in [-0.39, 0.29) is 24.3 Å². The molecule has 0 saturated carbocycles. The van der Waals surface area contributed by atoms with Crippen molar-refractivity contribution in [3.63, 3.8) is 0 Å². The number of alkyl halides is 6. The summed E-state index contributed by atoms with van der Waals surface area (Å²) in [6.07, 6.45) is -5.99. The Morgan fingerprint density at radius 1 is 0.935 bits per heavy atom. The van der Waals surface area contributed by atoms with E-state index in [1.165, 1.54) is 36.7 Å². The van der Waals surface area contributed by atoms with Crippen LogP contribution in [0, 0.1) is 25.2 Å². The van der Waals surface area contributed by atoms with E-state index < -0.39 is 61.3 Å². The van der Waals surface area contributed by atoms with Gasteiger partial charge >= 0.3 is 18.4 Å². The highest BCUT2D eigenvalue weighted by molar-refractivity contribution is 7.90. The van der Waals surface area contributed by atoms with Crippen LogP contribution in [0.2, 0.25) is 0 Å². The molecule has 0 aliphatic carbocycles. The van der Waals surface area contributed by atoms with Gasteiger partial charge in [0.25, 0.3) is 5.91 Å². The number of carbonyl (C=O) groups is 2. The van der Waals surface area contributed by atoms with Gasteiger partial charge in [0.2, 0.25) is 0 Å². The predicted molar refractivity (Wildman–Crippen MR) is 154 cm³/mol. The van der Waals surface area contributed by atoms with Gasteiger partial charge in [0.1, 0.15) is 5.54 Å². The summed E-state index contributed by atoms with van der Waals surface area (Å²) < 4.78 is 107. The highest BCUT2D eigenvalue weighted by atomic mass is 32.2. The van der Waals surface area contributed by atoms with Crippen LogP contribution in [0.3, 0.4) is 0 Å². The maximum absolute atomic E-state index is 13.7. The largest absolute Gasteiger partial charge is 0.417 e. The normalized spacial score (nSPS) is 15.7. The first-order chi connectivity index (χ1) is 21.1. The molecule has 0 atom stereocenters. The van der Waals surface area contributed by atoms with Gasteiger partial charge in [-0.3, -0.25) is 9.48 Å². The lowest BCUT2D eigenvalue weighted by atomic mass is 10.0. The molecular weight excluding hydrogens is 640 g/mol. The molecule has 0 radical (unpaired) electrons. The maximum atomic E-state index is 13.7. The van der Waals surface area contributed by atoms with E-state index in [1.807, 2.05) is 0 Å². The van der Waals surface area contributed by atoms with Crippen LogP contribution in [0.5, 0.6) is 0 Å². The molecule has 1 saturated heterocycles. The van der Waals surface area contributed by atoms with Gasteiger partial charge < -0.3 is 4.90 Å². The Morgan fingerprint density at radius 3 is 2.11 bits per heavy atom. The fourth-order valence-electron chi connectivity index (χ4n) is 5.25. The lowest BCUT2D eigenvalue weighted by Gasteiger charge is -2.26. The molecule has 244 valence electrons. The highest BCUT2D eigenvalue weighted by Crippen LogP contribution is 2.39. The Labute approximate surface area is 260 Å². The number of amides is 3. The van der Waals surface area contributed by atoms with E-state index in [2.05, 4.69) is 5.10 Å². The van der Waals surface area contributed by atoms with Crippen LogP contribution < -0.4 is 4.90 Å². The summed E-state index contributed by atoms with van der Waals surface area (Å²) in [5.74, 6) is -0.771. The van der Waals surface area contributed by atoms with Crippen LogP contribution in [-0.2, 0) is 33.5 Å². The quantitative estimate of drug-likeness (QED) is 0.166. The molecule has 1 aromatic heterocycles. The number of nitriles is 1. The van der Waals surface area contributed by atoms with Crippen molar-refractivity contribution >= 4 is 27.5 Å². The van der Waals surface area contributed by atoms with Crippen molar-refractivity contribution < 1.29 is 44.3 Å². The molecule has 1 fully saturated rings. The highest BCUT2D eigenvalue weighted by Gasteiger charge is 2.51. The summed E-state index contributed by atoms with van der Waals surface area (Å²) in [7, 11) is -4.16. The van der Waals surface area contributed by atoms with Crippen molar-refractivity contribution in [3.8, 4) is 17.2 Å². The minimum atomic E-state index is -4.92. The van der Waals surface area contributed by atoms with Crippen molar-refractivity contribution in [2.45, 2.75) is 57.0 Å². The number of aromatic nitrogens is 2. The van der Waals surface area contributed by atoms with Crippen molar-refractivity contribution in [2.75, 3.05) is 17.7 Å². The van der Waals surface area contributed by atoms with Crippen molar-refractivity contribution in [1.29, 1.82) is 5.26 Å². The number of benzene rings is 2. The third kappa shape index (κ3) is 6.23. The van der Waals surface area contributed by atoms with Gasteiger partial charge in [0, 0.05) is 24.1 Å². The number of allylic oxidation sites excluding steroid dienone is 1. The number of urea groups is 1. The number of nitrogens with zero attached hydrogens (tertiary/aromatic N) is 5. The molecule has 2 heterocycles. The van der Waals surface area contributed by atoms with E-state index >= 15 is 0 Å². The first kappa shape index (κ1) is 34.2. The molecule has 0 bridgehead atoms. The second-order valence-electron chi connectivity index (χ2n) is 11.1. The summed E-state index contributed by atoms with van der Waals surface area (Å²) in [6, 6.07) is 6.08. The van der Waals surface area contributed by atoms with Crippen LogP contribution >= 0.6 is 0 Å². The zero-order valence-corrected chi connectivity index (χ0v) is 25.9. The molecule has 3 aromatic rings. The SMILES string of the molecule is Cc1nn(C/C=C\CN2C(=O)N(c3ccc(C#N)c(C(F)(F)F)c3)C(=O)C2(C)C)c(C)c1-c1ccc(S(C)(=O)=O)c(C(F)(F)F)c1. The second-order valence-corrected chi connectivity index (χ2v) is 13.1. The molecule has 0 unspecified atom stereocenters. The van der Waals surface area contributed by atoms with Gasteiger partial charge in [0.15, 0.2) is 9.84 Å². The number of carbonyl (C=O) groups excluding carboxylic acids is 2. The lowest BCUT2D eigenvalue weighted by Crippen LogP contribution is -2.44. The number of anilines is 1. The predicted octanol–water partition coefficient (Wildman–Crippen LogP) is 6.28. The lowest BCUT2D eigenvalue weighted by molar-refractivity contribution is -0.140. The van der Waals surface area contributed by atoms with Crippen LogP contribution in [0.4, 0.5) is 36.8 Å². The second kappa shape index (κ2) is 11.6. The number of aryl methyl sites for hydroxylation is 1. The Hall–Kier alpha value is -4.65. The average molecular weight is 668 g/mol. The molecule has 3 amide bonds. The Balaban J connectivity index is 1.57. The van der Waals surface area contributed by atoms with Gasteiger partial charge in [-0.15, -0.1) is 0 Å². The molecule has 1 aliphatic heterocycles. The van der Waals surface area contributed by atoms with Crippen LogP contribution in [0.1, 0.15) is 41.9 Å². The number of imide groups is 1. The minimum absolute atomic E-state index is 0.102. The molecule has 2 aromatic carbocycles. The Morgan fingerprint density at radius 2 is 1.54 bits per heavy atom. The average Bonchev–Trinajstić information content (AvgIpc) is 3.31. The number of hydrogen-bond donors (Lipinski definition) is 0. The van der Waals surface area contributed by atoms with E-state index in [0.29, 0.717) is 34.2 Å². The number of rotatable bonds is 7. The van der Waals surface area contributed by atoms with Crippen LogP contribution in [-0.4, -0.2) is 53.4 Å². The van der Waals surface area contributed by atoms with Crippen LogP contribution in [0.15, 0.2) is 53.4 Å². The zero-order chi connectivity index (χ0) is 34.6. The van der Waals surface area contributed by atoms with E-state index in [1.54, 1.807) is 19.9 Å². The molecule has 4 rings (SSSR count). The van der Waals surface area contributed by atoms with Crippen molar-refractivity contribution in [1.82, 2.24) is 14.7 Å². The van der Waals surface area contributed by atoms with E-state index in [0.717, 1.165) is 29.2 Å². The fourth-order valence-corrected chi connectivity index (χ4v) is 6.14. The Kier molecular flexibility index (Phi) is 8.64. The summed E-state index contributed by atoms with van der Waals surface area (Å²) >= 11 is 0. The molecule has 9 nitrogen and oxygen atoms in total. The van der Waals surface area contributed by atoms with E-state index in [4.69, 9.17) is 5.26 Å². The summed E-state index contributed by atoms with van der Waals surface area (Å²) in [4.78, 5) is 27.4. The number of hydrogen-bond acceptors (Lipinski definition) is 6. The monoisotopic (exact) mass is 667 g/mol. The molecule has 16 heteroatoms. The molecule has 46 heavy (non-hydrogen) atoms. The molecular formula is C30H27F6N5O4S. The van der Waals surface area contributed by atoms with Crippen LogP contribution in [0.25, 0.3) is 11.1 Å². The first-order valence-corrected chi connectivity index (χ1v) is 15.4. The standard InChI is InChI=1S/C30H27F6N5O4S/c1-17-25(19-9-11-24(46(5,44)45)23(14-19)30(34,35)36)18(2)40(38-17)13-7-6-12-39-27(43)41(26(42)28(39,3)4)21-10-8-20(16-37)22(15-21)29(31,32)33/h6-11,14-15H,12-13H2,1-5H3/b7-6-. The Bertz CT molecular complexity index is 1920. The number of halogens is 6. The van der Waals surface area contributed by atoms with E-state index in [9.17, 15) is 44.3 Å². The van der Waals surface area contributed by atoms with Gasteiger partial charge in [0.05, 0.1) is 45.6 Å². The summed E-state index contributed by atoms with van der Waals surface area (Å²) in [5.41, 5.74) is -3.67. The third-order valence-electron chi connectivity index (χ3n) is 7.60. The maximum Gasteiger partial charge on any atom is 0.417 e. The molecule has 1 aliphatic rings. The van der Waals surface area contributed by atoms with Crippen molar-refractivity contribution in [2.24, 2.45) is 0 Å². The topological polar surface area (TPSA) is 116 Å². The van der Waals surface area contributed by atoms with Gasteiger partial charge in [-0.1, -0.05) is 18.2 Å². The third-order valence-corrected chi connectivity index (χ3v) is 8.75.